The number of nitrogens with zero attached hydrogens (tertiary/aromatic N) is 4. The summed E-state index contributed by atoms with van der Waals surface area (Å²) in [5.74, 6) is -2.20. The molecular formula is C13H19N5O6. The smallest absolute Gasteiger partial charge is 0.332 e. The van der Waals surface area contributed by atoms with E-state index in [2.05, 4.69) is 4.98 Å². The molecule has 0 aromatic carbocycles. The standard InChI is InChI=1S/C8H10N4O2.C5H9NO4/c1-10-4-9-6-5(10)7(13)12(3)8(14)11(6)2;6-3(5(9)10)1-2-4(7)8/h4H,1-3H3;3H,1-2,6H2,(H,7,8)(H,9,10). The molecule has 24 heavy (non-hydrogen) atoms. The third-order valence-corrected chi connectivity index (χ3v) is 3.30. The first-order valence-electron chi connectivity index (χ1n) is 6.85. The lowest BCUT2D eigenvalue weighted by Gasteiger charge is -2.02. The highest BCUT2D eigenvalue weighted by Crippen LogP contribution is 2.01. The van der Waals surface area contributed by atoms with Gasteiger partial charge >= 0.3 is 17.6 Å². The van der Waals surface area contributed by atoms with Gasteiger partial charge in [0, 0.05) is 27.6 Å². The van der Waals surface area contributed by atoms with Crippen molar-refractivity contribution in [2.75, 3.05) is 0 Å². The van der Waals surface area contributed by atoms with E-state index in [9.17, 15) is 19.2 Å². The lowest BCUT2D eigenvalue weighted by Crippen LogP contribution is -2.37. The van der Waals surface area contributed by atoms with Crippen molar-refractivity contribution < 1.29 is 19.8 Å². The molecule has 0 saturated carbocycles. The molecule has 0 saturated heterocycles. The molecule has 2 aromatic rings. The maximum atomic E-state index is 11.7. The maximum absolute atomic E-state index is 11.7. The monoisotopic (exact) mass is 341 g/mol. The van der Waals surface area contributed by atoms with Crippen LogP contribution in [0.3, 0.4) is 0 Å². The zero-order chi connectivity index (χ0) is 18.6. The van der Waals surface area contributed by atoms with Crippen molar-refractivity contribution in [2.24, 2.45) is 26.9 Å². The van der Waals surface area contributed by atoms with Gasteiger partial charge in [-0.1, -0.05) is 0 Å². The van der Waals surface area contributed by atoms with Crippen LogP contribution in [0.2, 0.25) is 0 Å². The van der Waals surface area contributed by atoms with Crippen molar-refractivity contribution in [3.8, 4) is 0 Å². The third-order valence-electron chi connectivity index (χ3n) is 3.30. The zero-order valence-electron chi connectivity index (χ0n) is 13.5. The van der Waals surface area contributed by atoms with Gasteiger partial charge in [0.1, 0.15) is 6.04 Å². The Kier molecular flexibility index (Phi) is 6.01. The largest absolute Gasteiger partial charge is 0.481 e. The number of carboxylic acids is 2. The second-order valence-corrected chi connectivity index (χ2v) is 5.11. The summed E-state index contributed by atoms with van der Waals surface area (Å²) in [6, 6.07) is -1.06. The molecular weight excluding hydrogens is 322 g/mol. The summed E-state index contributed by atoms with van der Waals surface area (Å²) in [6.07, 6.45) is 1.30. The van der Waals surface area contributed by atoms with E-state index in [4.69, 9.17) is 15.9 Å². The molecule has 0 bridgehead atoms. The molecule has 0 aliphatic carbocycles. The number of carbonyl (C=O) groups is 2. The van der Waals surface area contributed by atoms with E-state index in [1.165, 1.54) is 17.9 Å². The van der Waals surface area contributed by atoms with Crippen molar-refractivity contribution in [3.05, 3.63) is 27.2 Å². The number of fused-ring (bicyclic) bond motifs is 1. The Hall–Kier alpha value is -2.95. The second kappa shape index (κ2) is 7.55. The highest BCUT2D eigenvalue weighted by Gasteiger charge is 2.12. The fourth-order valence-electron chi connectivity index (χ4n) is 1.87. The zero-order valence-corrected chi connectivity index (χ0v) is 13.5. The van der Waals surface area contributed by atoms with Gasteiger partial charge in [0.25, 0.3) is 5.56 Å². The molecule has 0 amide bonds. The van der Waals surface area contributed by atoms with Crippen LogP contribution in [-0.2, 0) is 30.7 Å². The van der Waals surface area contributed by atoms with E-state index in [1.54, 1.807) is 18.7 Å². The van der Waals surface area contributed by atoms with Crippen molar-refractivity contribution in [1.82, 2.24) is 18.7 Å². The molecule has 0 radical (unpaired) electrons. The lowest BCUT2D eigenvalue weighted by molar-refractivity contribution is -0.139. The third kappa shape index (κ3) is 4.07. The van der Waals surface area contributed by atoms with Crippen molar-refractivity contribution in [2.45, 2.75) is 18.9 Å². The van der Waals surface area contributed by atoms with Crippen LogP contribution >= 0.6 is 0 Å². The van der Waals surface area contributed by atoms with Crippen LogP contribution in [0.15, 0.2) is 15.9 Å². The number of imidazole rings is 1. The normalized spacial score (nSPS) is 11.7. The predicted octanol–water partition coefficient (Wildman–Crippen LogP) is -1.77. The summed E-state index contributed by atoms with van der Waals surface area (Å²) in [6.45, 7) is 0. The molecule has 0 aliphatic rings. The molecule has 1 atom stereocenters. The topological polar surface area (TPSA) is 162 Å². The van der Waals surface area contributed by atoms with Gasteiger partial charge in [-0.2, -0.15) is 0 Å². The quantitative estimate of drug-likeness (QED) is 0.588. The minimum atomic E-state index is -1.17. The summed E-state index contributed by atoms with van der Waals surface area (Å²) in [5.41, 5.74) is 5.18. The summed E-state index contributed by atoms with van der Waals surface area (Å²) in [5, 5.41) is 16.3. The van der Waals surface area contributed by atoms with Crippen LogP contribution in [-0.4, -0.2) is 46.9 Å². The summed E-state index contributed by atoms with van der Waals surface area (Å²) in [7, 11) is 4.77. The molecule has 4 N–H and O–H groups in total. The number of hydrogen-bond donors (Lipinski definition) is 3. The summed E-state index contributed by atoms with van der Waals surface area (Å²) >= 11 is 0. The minimum absolute atomic E-state index is 0.0231. The van der Waals surface area contributed by atoms with Crippen LogP contribution < -0.4 is 17.0 Å². The van der Waals surface area contributed by atoms with E-state index in [1.807, 2.05) is 0 Å². The minimum Gasteiger partial charge on any atom is -0.481 e. The molecule has 2 heterocycles. The van der Waals surface area contributed by atoms with Crippen molar-refractivity contribution >= 4 is 23.1 Å². The highest BCUT2D eigenvalue weighted by atomic mass is 16.4. The van der Waals surface area contributed by atoms with Crippen LogP contribution in [0.1, 0.15) is 12.8 Å². The molecule has 0 spiro atoms. The van der Waals surface area contributed by atoms with Gasteiger partial charge in [-0.25, -0.2) is 9.78 Å². The number of carboxylic acid groups (broad SMARTS) is 2. The Balaban J connectivity index is 0.000000257. The molecule has 2 aromatic heterocycles. The summed E-state index contributed by atoms with van der Waals surface area (Å²) in [4.78, 5) is 47.0. The van der Waals surface area contributed by atoms with Crippen LogP contribution in [0.4, 0.5) is 0 Å². The first kappa shape index (κ1) is 19.1. The molecule has 11 nitrogen and oxygen atoms in total. The Morgan fingerprint density at radius 3 is 2.29 bits per heavy atom. The fraction of sp³-hybridized carbons (Fsp3) is 0.462. The van der Waals surface area contributed by atoms with Crippen molar-refractivity contribution in [3.63, 3.8) is 0 Å². The first-order valence-corrected chi connectivity index (χ1v) is 6.85. The fourth-order valence-corrected chi connectivity index (χ4v) is 1.87. The molecule has 2 rings (SSSR count). The number of rotatable bonds is 4. The number of nitrogens with two attached hydrogens (primary N) is 1. The van der Waals surface area contributed by atoms with Crippen LogP contribution in [0.5, 0.6) is 0 Å². The van der Waals surface area contributed by atoms with Gasteiger partial charge < -0.3 is 20.5 Å². The number of aliphatic carboxylic acids is 2. The first-order chi connectivity index (χ1) is 11.1. The van der Waals surface area contributed by atoms with Gasteiger partial charge in [0.2, 0.25) is 0 Å². The van der Waals surface area contributed by atoms with Gasteiger partial charge in [-0.3, -0.25) is 23.5 Å². The van der Waals surface area contributed by atoms with Gasteiger partial charge in [0.05, 0.1) is 6.33 Å². The summed E-state index contributed by atoms with van der Waals surface area (Å²) < 4.78 is 4.04. The van der Waals surface area contributed by atoms with E-state index in [0.29, 0.717) is 11.2 Å². The average molecular weight is 341 g/mol. The number of aryl methyl sites for hydroxylation is 2. The SMILES string of the molecule is Cn1c(=O)c2c(ncn2C)n(C)c1=O.NC(CCC(=O)O)C(=O)O. The van der Waals surface area contributed by atoms with Gasteiger partial charge in [-0.05, 0) is 6.42 Å². The Morgan fingerprint density at radius 2 is 1.79 bits per heavy atom. The van der Waals surface area contributed by atoms with E-state index < -0.39 is 18.0 Å². The van der Waals surface area contributed by atoms with Crippen LogP contribution in [0, 0.1) is 0 Å². The molecule has 11 heteroatoms. The Morgan fingerprint density at radius 1 is 1.21 bits per heavy atom. The van der Waals surface area contributed by atoms with Crippen LogP contribution in [0.25, 0.3) is 11.2 Å². The molecule has 132 valence electrons. The van der Waals surface area contributed by atoms with Gasteiger partial charge in [0.15, 0.2) is 11.2 Å². The molecule has 1 unspecified atom stereocenters. The number of aromatic nitrogens is 4. The average Bonchev–Trinajstić information content (AvgIpc) is 2.90. The Labute approximate surface area is 135 Å². The number of hydrogen-bond acceptors (Lipinski definition) is 6. The van der Waals surface area contributed by atoms with Gasteiger partial charge in [-0.15, -0.1) is 0 Å². The maximum Gasteiger partial charge on any atom is 0.332 e. The molecule has 0 aliphatic heterocycles. The lowest BCUT2D eigenvalue weighted by atomic mass is 10.2. The predicted molar refractivity (Wildman–Crippen MR) is 83.7 cm³/mol. The Bertz CT molecular complexity index is 877. The molecule has 0 fully saturated rings. The highest BCUT2D eigenvalue weighted by molar-refractivity contribution is 5.74. The second-order valence-electron chi connectivity index (χ2n) is 5.11. The van der Waals surface area contributed by atoms with E-state index in [-0.39, 0.29) is 24.1 Å². The van der Waals surface area contributed by atoms with E-state index >= 15 is 0 Å². The van der Waals surface area contributed by atoms with E-state index in [0.717, 1.165) is 4.57 Å². The van der Waals surface area contributed by atoms with Crippen molar-refractivity contribution in [1.29, 1.82) is 0 Å².